The van der Waals surface area contributed by atoms with Crippen LogP contribution in [0.15, 0.2) is 30.3 Å². The molecule has 0 bridgehead atoms. The molecule has 0 aliphatic heterocycles. The van der Waals surface area contributed by atoms with Gasteiger partial charge in [0.05, 0.1) is 6.10 Å². The van der Waals surface area contributed by atoms with Crippen molar-refractivity contribution >= 4 is 0 Å². The van der Waals surface area contributed by atoms with E-state index < -0.39 is 19.3 Å². The first kappa shape index (κ1) is 3.05. The van der Waals surface area contributed by atoms with Crippen LogP contribution >= 0.6 is 0 Å². The second-order valence-electron chi connectivity index (χ2n) is 1.91. The highest BCUT2D eigenvalue weighted by Gasteiger charge is 1.95. The molecule has 0 spiro atoms. The molecule has 0 heterocycles. The number of aliphatic hydroxyl groups excluding tert-OH is 1. The summed E-state index contributed by atoms with van der Waals surface area (Å²) < 4.78 is 36.1. The lowest BCUT2D eigenvalue weighted by atomic mass is 10.1. The minimum Gasteiger partial charge on any atom is -0.393 e. The Labute approximate surface area is 68.3 Å². The number of hydrogen-bond acceptors (Lipinski definition) is 1. The fourth-order valence-electron chi connectivity index (χ4n) is 0.692. The maximum absolute atomic E-state index is 9.43. The van der Waals surface area contributed by atoms with Crippen LogP contribution in [0.25, 0.3) is 0 Å². The monoisotopic (exact) mass is 141 g/mol. The van der Waals surface area contributed by atoms with E-state index in [1.54, 1.807) is 18.2 Å². The molecular weight excluding hydrogens is 124 g/mol. The van der Waals surface area contributed by atoms with Gasteiger partial charge in [-0.05, 0) is 18.8 Å². The fraction of sp³-hybridized carbons (Fsp3) is 0.333. The van der Waals surface area contributed by atoms with E-state index in [9.17, 15) is 5.11 Å². The molecule has 1 atom stereocenters. The van der Waals surface area contributed by atoms with E-state index in [0.717, 1.165) is 0 Å². The number of benzene rings is 1. The van der Waals surface area contributed by atoms with Crippen LogP contribution in [0.3, 0.4) is 0 Å². The molecule has 1 nitrogen and oxygen atoms in total. The van der Waals surface area contributed by atoms with Gasteiger partial charge in [-0.2, -0.15) is 0 Å². The number of aliphatic hydroxyl groups is 1. The maximum Gasteiger partial charge on any atom is 0.0552 e. The summed E-state index contributed by atoms with van der Waals surface area (Å²) in [6.45, 7) is -2.72. The van der Waals surface area contributed by atoms with Crippen molar-refractivity contribution in [3.05, 3.63) is 35.9 Å². The first-order chi connectivity index (χ1) is 6.76. The molecule has 0 aromatic heterocycles. The van der Waals surface area contributed by atoms with Crippen LogP contribution in [0.2, 0.25) is 0 Å². The van der Waals surface area contributed by atoms with E-state index in [-0.39, 0.29) is 5.56 Å². The third kappa shape index (κ3) is 2.19. The summed E-state index contributed by atoms with van der Waals surface area (Å²) in [5, 5.41) is 9.43. The van der Waals surface area contributed by atoms with Crippen LogP contribution < -0.4 is 0 Å². The molecule has 1 heteroatoms. The zero-order valence-corrected chi connectivity index (χ0v) is 5.41. The molecule has 0 aliphatic carbocycles. The molecular formula is C9H12O. The minimum atomic E-state index is -2.72. The molecule has 1 aromatic rings. The molecule has 1 rings (SSSR count). The van der Waals surface area contributed by atoms with E-state index in [2.05, 4.69) is 0 Å². The van der Waals surface area contributed by atoms with E-state index in [1.165, 1.54) is 12.1 Å². The molecule has 1 unspecified atom stereocenters. The zero-order valence-electron chi connectivity index (χ0n) is 10.4. The summed E-state index contributed by atoms with van der Waals surface area (Å²) in [5.41, 5.74) is 0.161. The molecule has 54 valence electrons. The first-order valence-corrected chi connectivity index (χ1v) is 3.00. The van der Waals surface area contributed by atoms with Gasteiger partial charge in [-0.3, -0.25) is 0 Å². The minimum absolute atomic E-state index is 0.161. The summed E-state index contributed by atoms with van der Waals surface area (Å²) in [4.78, 5) is 0. The maximum atomic E-state index is 9.43. The van der Waals surface area contributed by atoms with Crippen molar-refractivity contribution in [1.82, 2.24) is 0 Å². The van der Waals surface area contributed by atoms with Crippen LogP contribution in [0, 0.1) is 0 Å². The van der Waals surface area contributed by atoms with Gasteiger partial charge < -0.3 is 5.11 Å². The molecule has 1 aromatic carbocycles. The molecule has 0 amide bonds. The number of rotatable bonds is 2. The van der Waals surface area contributed by atoms with Gasteiger partial charge in [0.1, 0.15) is 0 Å². The lowest BCUT2D eigenvalue weighted by molar-refractivity contribution is 0.195. The highest BCUT2D eigenvalue weighted by atomic mass is 16.3. The second kappa shape index (κ2) is 3.37. The van der Waals surface area contributed by atoms with E-state index in [1.807, 2.05) is 0 Å². The highest BCUT2D eigenvalue weighted by Crippen LogP contribution is 2.01. The van der Waals surface area contributed by atoms with Crippen LogP contribution in [0.1, 0.15) is 19.3 Å². The van der Waals surface area contributed by atoms with E-state index in [4.69, 9.17) is 6.85 Å². The average molecular weight is 141 g/mol. The zero-order chi connectivity index (χ0) is 11.7. The van der Waals surface area contributed by atoms with Crippen molar-refractivity contribution in [2.75, 3.05) is 0 Å². The summed E-state index contributed by atoms with van der Waals surface area (Å²) >= 11 is 0. The lowest BCUT2D eigenvalue weighted by Crippen LogP contribution is -2.03. The summed E-state index contributed by atoms with van der Waals surface area (Å²) in [5.74, 6) is 0. The Bertz CT molecular complexity index is 319. The van der Waals surface area contributed by atoms with Gasteiger partial charge in [-0.15, -0.1) is 0 Å². The van der Waals surface area contributed by atoms with Crippen LogP contribution in [0.4, 0.5) is 0 Å². The molecule has 1 N–H and O–H groups in total. The van der Waals surface area contributed by atoms with Gasteiger partial charge >= 0.3 is 0 Å². The van der Waals surface area contributed by atoms with Gasteiger partial charge in [-0.1, -0.05) is 30.3 Å². The van der Waals surface area contributed by atoms with Gasteiger partial charge in [0, 0.05) is 6.85 Å². The largest absolute Gasteiger partial charge is 0.393 e. The normalized spacial score (nSPS) is 23.1. The highest BCUT2D eigenvalue weighted by molar-refractivity contribution is 5.15. The second-order valence-corrected chi connectivity index (χ2v) is 1.91. The SMILES string of the molecule is [2H]C([2H])([2H])C(O)C([2H])([2H])c1ccccc1. The Morgan fingerprint density at radius 3 is 2.90 bits per heavy atom. The predicted molar refractivity (Wildman–Crippen MR) is 41.8 cm³/mol. The standard InChI is InChI=1S/C9H12O/c1-8(10)7-9-5-3-2-4-6-9/h2-6,8,10H,7H2,1H3/i1D3,7D2. The van der Waals surface area contributed by atoms with E-state index >= 15 is 0 Å². The Kier molecular flexibility index (Phi) is 1.03. The Hall–Kier alpha value is -0.820. The van der Waals surface area contributed by atoms with Crippen molar-refractivity contribution in [3.63, 3.8) is 0 Å². The van der Waals surface area contributed by atoms with Crippen LogP contribution in [-0.4, -0.2) is 11.2 Å². The van der Waals surface area contributed by atoms with Crippen molar-refractivity contribution in [2.45, 2.75) is 19.3 Å². The topological polar surface area (TPSA) is 20.2 Å². The summed E-state index contributed by atoms with van der Waals surface area (Å²) in [7, 11) is 0. The lowest BCUT2D eigenvalue weighted by Gasteiger charge is -2.01. The molecule has 0 saturated carbocycles. The molecule has 10 heavy (non-hydrogen) atoms. The Balaban J connectivity index is 3.03. The van der Waals surface area contributed by atoms with Crippen molar-refractivity contribution in [2.24, 2.45) is 0 Å². The quantitative estimate of drug-likeness (QED) is 0.663. The van der Waals surface area contributed by atoms with Crippen molar-refractivity contribution in [1.29, 1.82) is 0 Å². The third-order valence-electron chi connectivity index (χ3n) is 1.08. The predicted octanol–water partition coefficient (Wildman–Crippen LogP) is 1.61. The summed E-state index contributed by atoms with van der Waals surface area (Å²) in [6, 6.07) is 7.80. The first-order valence-electron chi connectivity index (χ1n) is 5.50. The Morgan fingerprint density at radius 2 is 2.30 bits per heavy atom. The van der Waals surface area contributed by atoms with Gasteiger partial charge in [0.15, 0.2) is 0 Å². The molecule has 0 saturated heterocycles. The smallest absolute Gasteiger partial charge is 0.0552 e. The molecule has 0 aliphatic rings. The van der Waals surface area contributed by atoms with Gasteiger partial charge in [-0.25, -0.2) is 0 Å². The van der Waals surface area contributed by atoms with Crippen molar-refractivity contribution in [3.8, 4) is 0 Å². The van der Waals surface area contributed by atoms with Gasteiger partial charge in [0.2, 0.25) is 0 Å². The van der Waals surface area contributed by atoms with Crippen LogP contribution in [0.5, 0.6) is 0 Å². The fourth-order valence-corrected chi connectivity index (χ4v) is 0.692. The van der Waals surface area contributed by atoms with Crippen molar-refractivity contribution < 1.29 is 12.0 Å². The number of hydrogen-bond donors (Lipinski definition) is 1. The van der Waals surface area contributed by atoms with Gasteiger partial charge in [0.25, 0.3) is 0 Å². The molecule has 0 radical (unpaired) electrons. The average Bonchev–Trinajstić information content (AvgIpc) is 2.16. The summed E-state index contributed by atoms with van der Waals surface area (Å²) in [6.07, 6.45) is -4.29. The molecule has 0 fully saturated rings. The Morgan fingerprint density at radius 1 is 1.60 bits per heavy atom. The third-order valence-corrected chi connectivity index (χ3v) is 1.08. The van der Waals surface area contributed by atoms with E-state index in [0.29, 0.717) is 0 Å². The van der Waals surface area contributed by atoms with Crippen LogP contribution in [-0.2, 0) is 6.37 Å².